The van der Waals surface area contributed by atoms with Gasteiger partial charge in [0.25, 0.3) is 0 Å². The van der Waals surface area contributed by atoms with Gasteiger partial charge in [0.15, 0.2) is 0 Å². The number of hydrogen-bond donors (Lipinski definition) is 1. The Morgan fingerprint density at radius 3 is 2.57 bits per heavy atom. The molecule has 0 spiro atoms. The number of nitrogens with one attached hydrogen (secondary N) is 1. The predicted molar refractivity (Wildman–Crippen MR) is 53.0 cm³/mol. The van der Waals surface area contributed by atoms with E-state index in [1.807, 2.05) is 6.07 Å². The summed E-state index contributed by atoms with van der Waals surface area (Å²) in [5.74, 6) is 3.53. The molecule has 1 aromatic rings. The molecule has 14 heavy (non-hydrogen) atoms. The lowest BCUT2D eigenvalue weighted by atomic mass is 9.99. The summed E-state index contributed by atoms with van der Waals surface area (Å²) >= 11 is 0. The minimum absolute atomic E-state index is 0.816. The third-order valence-electron chi connectivity index (χ3n) is 3.93. The first-order valence-corrected chi connectivity index (χ1v) is 5.55. The topological polar surface area (TPSA) is 37.9 Å². The summed E-state index contributed by atoms with van der Waals surface area (Å²) in [6.07, 6.45) is 7.46. The Hall–Kier alpha value is -0.990. The van der Waals surface area contributed by atoms with Crippen LogP contribution in [0.25, 0.3) is 0 Å². The number of H-pyrrole nitrogens is 1. The van der Waals surface area contributed by atoms with Gasteiger partial charge in [-0.1, -0.05) is 0 Å². The van der Waals surface area contributed by atoms with E-state index in [2.05, 4.69) is 10.2 Å². The van der Waals surface area contributed by atoms with E-state index in [1.165, 1.54) is 25.7 Å². The van der Waals surface area contributed by atoms with Crippen LogP contribution in [0.5, 0.6) is 5.88 Å². The molecule has 2 saturated carbocycles. The van der Waals surface area contributed by atoms with E-state index in [9.17, 15) is 0 Å². The standard InChI is InChI=1S/C11H16N2O/c1-2-9-4-3-8(1)10(9)7-14-11-5-6-12-13-11/h5-6,8-10H,1-4,7H2,(H,12,13). The van der Waals surface area contributed by atoms with Gasteiger partial charge in [0, 0.05) is 6.07 Å². The molecular formula is C11H16N2O. The summed E-state index contributed by atoms with van der Waals surface area (Å²) in [7, 11) is 0. The zero-order chi connectivity index (χ0) is 9.38. The van der Waals surface area contributed by atoms with Crippen LogP contribution in [0.2, 0.25) is 0 Å². The van der Waals surface area contributed by atoms with Crippen molar-refractivity contribution in [2.75, 3.05) is 6.61 Å². The molecule has 1 heterocycles. The van der Waals surface area contributed by atoms with Crippen molar-refractivity contribution in [3.05, 3.63) is 12.3 Å². The molecule has 0 atom stereocenters. The average Bonchev–Trinajstić information content (AvgIpc) is 2.91. The van der Waals surface area contributed by atoms with Crippen LogP contribution in [0.15, 0.2) is 12.3 Å². The molecule has 0 saturated heterocycles. The van der Waals surface area contributed by atoms with Gasteiger partial charge >= 0.3 is 0 Å². The molecule has 76 valence electrons. The number of nitrogens with zero attached hydrogens (tertiary/aromatic N) is 1. The molecule has 0 aromatic carbocycles. The minimum Gasteiger partial charge on any atom is -0.478 e. The predicted octanol–water partition coefficient (Wildman–Crippen LogP) is 2.22. The van der Waals surface area contributed by atoms with E-state index in [0.717, 1.165) is 30.2 Å². The van der Waals surface area contributed by atoms with E-state index in [0.29, 0.717) is 0 Å². The van der Waals surface area contributed by atoms with Gasteiger partial charge in [0.1, 0.15) is 0 Å². The molecule has 2 aliphatic rings. The van der Waals surface area contributed by atoms with E-state index in [4.69, 9.17) is 4.74 Å². The SMILES string of the molecule is c1cc(OCC2C3CCC2CC3)[nH]n1. The van der Waals surface area contributed by atoms with Crippen molar-refractivity contribution in [1.29, 1.82) is 0 Å². The van der Waals surface area contributed by atoms with E-state index < -0.39 is 0 Å². The van der Waals surface area contributed by atoms with Gasteiger partial charge < -0.3 is 4.74 Å². The molecule has 2 aliphatic carbocycles. The van der Waals surface area contributed by atoms with Crippen molar-refractivity contribution in [2.45, 2.75) is 25.7 Å². The quantitative estimate of drug-likeness (QED) is 0.797. The van der Waals surface area contributed by atoms with Crippen molar-refractivity contribution in [3.8, 4) is 5.88 Å². The summed E-state index contributed by atoms with van der Waals surface area (Å²) in [6, 6.07) is 1.89. The molecule has 2 fully saturated rings. The van der Waals surface area contributed by atoms with Crippen LogP contribution in [-0.2, 0) is 0 Å². The van der Waals surface area contributed by atoms with Crippen molar-refractivity contribution in [1.82, 2.24) is 10.2 Å². The van der Waals surface area contributed by atoms with E-state index in [-0.39, 0.29) is 0 Å². The van der Waals surface area contributed by atoms with Crippen LogP contribution in [0, 0.1) is 17.8 Å². The zero-order valence-electron chi connectivity index (χ0n) is 8.28. The second kappa shape index (κ2) is 3.30. The fourth-order valence-corrected chi connectivity index (χ4v) is 3.17. The largest absolute Gasteiger partial charge is 0.478 e. The zero-order valence-corrected chi connectivity index (χ0v) is 8.28. The third-order valence-corrected chi connectivity index (χ3v) is 3.93. The molecular weight excluding hydrogens is 176 g/mol. The molecule has 1 N–H and O–H groups in total. The number of rotatable bonds is 3. The van der Waals surface area contributed by atoms with E-state index >= 15 is 0 Å². The molecule has 0 radical (unpaired) electrons. The van der Waals surface area contributed by atoms with Crippen LogP contribution in [0.1, 0.15) is 25.7 Å². The summed E-state index contributed by atoms with van der Waals surface area (Å²) in [4.78, 5) is 0. The number of aromatic nitrogens is 2. The van der Waals surface area contributed by atoms with Gasteiger partial charge in [-0.3, -0.25) is 0 Å². The van der Waals surface area contributed by atoms with Crippen LogP contribution in [0.3, 0.4) is 0 Å². The smallest absolute Gasteiger partial charge is 0.209 e. The Morgan fingerprint density at radius 1 is 1.29 bits per heavy atom. The maximum Gasteiger partial charge on any atom is 0.209 e. The molecule has 0 aliphatic heterocycles. The van der Waals surface area contributed by atoms with E-state index in [1.54, 1.807) is 6.20 Å². The first-order chi connectivity index (χ1) is 6.93. The maximum absolute atomic E-state index is 5.69. The van der Waals surface area contributed by atoms with Crippen LogP contribution in [-0.4, -0.2) is 16.8 Å². The summed E-state index contributed by atoms with van der Waals surface area (Å²) in [5.41, 5.74) is 0. The van der Waals surface area contributed by atoms with Crippen LogP contribution < -0.4 is 4.74 Å². The fourth-order valence-electron chi connectivity index (χ4n) is 3.17. The Kier molecular flexibility index (Phi) is 1.96. The highest BCUT2D eigenvalue weighted by molar-refractivity contribution is 5.04. The van der Waals surface area contributed by atoms with Crippen molar-refractivity contribution in [2.24, 2.45) is 17.8 Å². The molecule has 0 amide bonds. The van der Waals surface area contributed by atoms with Gasteiger partial charge in [-0.25, -0.2) is 5.10 Å². The Labute approximate surface area is 83.9 Å². The first-order valence-electron chi connectivity index (χ1n) is 5.55. The molecule has 3 heteroatoms. The minimum atomic E-state index is 0.816. The fraction of sp³-hybridized carbons (Fsp3) is 0.727. The molecule has 3 nitrogen and oxygen atoms in total. The highest BCUT2D eigenvalue weighted by Crippen LogP contribution is 2.49. The summed E-state index contributed by atoms with van der Waals surface area (Å²) < 4.78 is 5.69. The highest BCUT2D eigenvalue weighted by atomic mass is 16.5. The lowest BCUT2D eigenvalue weighted by Crippen LogP contribution is -2.16. The second-order valence-electron chi connectivity index (χ2n) is 4.57. The van der Waals surface area contributed by atoms with Gasteiger partial charge in [-0.05, 0) is 43.4 Å². The maximum atomic E-state index is 5.69. The number of ether oxygens (including phenoxy) is 1. The van der Waals surface area contributed by atoms with Crippen molar-refractivity contribution >= 4 is 0 Å². The Bertz CT molecular complexity index is 276. The molecule has 1 aromatic heterocycles. The number of aromatic amines is 1. The molecule has 0 unspecified atom stereocenters. The monoisotopic (exact) mass is 192 g/mol. The Morgan fingerprint density at radius 2 is 2.00 bits per heavy atom. The first kappa shape index (κ1) is 8.33. The summed E-state index contributed by atoms with van der Waals surface area (Å²) in [6.45, 7) is 0.886. The molecule has 3 rings (SSSR count). The molecule has 2 bridgehead atoms. The average molecular weight is 192 g/mol. The van der Waals surface area contributed by atoms with Crippen LogP contribution in [0.4, 0.5) is 0 Å². The number of hydrogen-bond acceptors (Lipinski definition) is 2. The van der Waals surface area contributed by atoms with Crippen LogP contribution >= 0.6 is 0 Å². The van der Waals surface area contributed by atoms with Gasteiger partial charge in [0.05, 0.1) is 12.8 Å². The van der Waals surface area contributed by atoms with Gasteiger partial charge in [0.2, 0.25) is 5.88 Å². The normalized spacial score (nSPS) is 35.0. The Balaban J connectivity index is 1.58. The lowest BCUT2D eigenvalue weighted by molar-refractivity contribution is 0.206. The lowest BCUT2D eigenvalue weighted by Gasteiger charge is -2.14. The van der Waals surface area contributed by atoms with Gasteiger partial charge in [-0.2, -0.15) is 5.10 Å². The van der Waals surface area contributed by atoms with Gasteiger partial charge in [-0.15, -0.1) is 0 Å². The van der Waals surface area contributed by atoms with Crippen molar-refractivity contribution < 1.29 is 4.74 Å². The highest BCUT2D eigenvalue weighted by Gasteiger charge is 2.41. The number of fused-ring (bicyclic) bond motifs is 2. The third kappa shape index (κ3) is 1.31. The summed E-state index contributed by atoms with van der Waals surface area (Å²) in [5, 5.41) is 6.71. The second-order valence-corrected chi connectivity index (χ2v) is 4.57. The van der Waals surface area contributed by atoms with Crippen molar-refractivity contribution in [3.63, 3.8) is 0 Å².